The van der Waals surface area contributed by atoms with E-state index in [0.29, 0.717) is 24.5 Å². The fourth-order valence-corrected chi connectivity index (χ4v) is 1.47. The molecule has 0 aliphatic carbocycles. The van der Waals surface area contributed by atoms with E-state index in [2.05, 4.69) is 9.72 Å². The number of rotatable bonds is 5. The van der Waals surface area contributed by atoms with Gasteiger partial charge in [0.15, 0.2) is 0 Å². The molecule has 0 fully saturated rings. The summed E-state index contributed by atoms with van der Waals surface area (Å²) in [6.45, 7) is 1.34. The Hall–Kier alpha value is -1.13. The minimum atomic E-state index is -0.201. The number of carbonyl (C=O) groups is 1. The maximum atomic E-state index is 11.0. The summed E-state index contributed by atoms with van der Waals surface area (Å²) in [7, 11) is 3.32. The number of pyridine rings is 1. The number of esters is 1. The van der Waals surface area contributed by atoms with Gasteiger partial charge in [-0.2, -0.15) is 0 Å². The van der Waals surface area contributed by atoms with E-state index in [1.54, 1.807) is 12.4 Å². The molecular weight excluding hydrogens is 228 g/mol. The maximum absolute atomic E-state index is 11.0. The van der Waals surface area contributed by atoms with Gasteiger partial charge in [0.25, 0.3) is 0 Å². The number of aromatic nitrogens is 1. The molecule has 0 aliphatic rings. The molecule has 0 saturated heterocycles. The summed E-state index contributed by atoms with van der Waals surface area (Å²) in [5.74, 6) is -0.201. The fourth-order valence-electron chi connectivity index (χ4n) is 1.29. The minimum absolute atomic E-state index is 0.201. The van der Waals surface area contributed by atoms with Crippen molar-refractivity contribution in [3.63, 3.8) is 0 Å². The van der Waals surface area contributed by atoms with Crippen LogP contribution in [0.2, 0.25) is 5.02 Å². The summed E-state index contributed by atoms with van der Waals surface area (Å²) >= 11 is 5.98. The van der Waals surface area contributed by atoms with Crippen LogP contribution in [0.15, 0.2) is 18.5 Å². The number of halogens is 1. The molecule has 5 heteroatoms. The zero-order valence-corrected chi connectivity index (χ0v) is 10.2. The molecule has 0 bridgehead atoms. The Bertz CT molecular complexity index is 358. The Kier molecular flexibility index (Phi) is 5.22. The number of hydrogen-bond donors (Lipinski definition) is 0. The molecule has 1 rings (SSSR count). The first-order valence-electron chi connectivity index (χ1n) is 4.97. The molecule has 0 unspecified atom stereocenters. The predicted octanol–water partition coefficient (Wildman–Crippen LogP) is 1.73. The van der Waals surface area contributed by atoms with Gasteiger partial charge in [-0.05, 0) is 18.7 Å². The van der Waals surface area contributed by atoms with Crippen molar-refractivity contribution in [3.05, 3.63) is 29.0 Å². The first-order chi connectivity index (χ1) is 7.63. The van der Waals surface area contributed by atoms with Crippen molar-refractivity contribution in [3.8, 4) is 0 Å². The number of ether oxygens (including phenoxy) is 1. The average Bonchev–Trinajstić information content (AvgIpc) is 2.29. The zero-order chi connectivity index (χ0) is 12.0. The average molecular weight is 243 g/mol. The van der Waals surface area contributed by atoms with Crippen LogP contribution in [0.4, 0.5) is 0 Å². The molecule has 88 valence electrons. The van der Waals surface area contributed by atoms with Crippen molar-refractivity contribution in [1.82, 2.24) is 9.88 Å². The van der Waals surface area contributed by atoms with Crippen molar-refractivity contribution in [1.29, 1.82) is 0 Å². The SMILES string of the molecule is COC(=O)CCN(C)Cc1ccncc1Cl. The van der Waals surface area contributed by atoms with Crippen LogP contribution in [-0.2, 0) is 16.1 Å². The predicted molar refractivity (Wildman–Crippen MR) is 62.2 cm³/mol. The van der Waals surface area contributed by atoms with Crippen LogP contribution in [0.5, 0.6) is 0 Å². The monoisotopic (exact) mass is 242 g/mol. The van der Waals surface area contributed by atoms with Crippen LogP contribution < -0.4 is 0 Å². The normalized spacial score (nSPS) is 10.5. The highest BCUT2D eigenvalue weighted by Gasteiger charge is 2.06. The van der Waals surface area contributed by atoms with Crippen molar-refractivity contribution in [2.75, 3.05) is 20.7 Å². The molecule has 0 saturated carbocycles. The van der Waals surface area contributed by atoms with Crippen LogP contribution in [-0.4, -0.2) is 36.6 Å². The van der Waals surface area contributed by atoms with Gasteiger partial charge in [0.2, 0.25) is 0 Å². The molecule has 0 aliphatic heterocycles. The second-order valence-electron chi connectivity index (χ2n) is 3.53. The Labute approximate surface area is 100 Å². The van der Waals surface area contributed by atoms with Gasteiger partial charge in [-0.1, -0.05) is 11.6 Å². The van der Waals surface area contributed by atoms with E-state index in [9.17, 15) is 4.79 Å². The van der Waals surface area contributed by atoms with Crippen molar-refractivity contribution in [2.24, 2.45) is 0 Å². The minimum Gasteiger partial charge on any atom is -0.469 e. The third-order valence-corrected chi connectivity index (χ3v) is 2.56. The van der Waals surface area contributed by atoms with E-state index in [-0.39, 0.29) is 5.97 Å². The van der Waals surface area contributed by atoms with E-state index in [1.165, 1.54) is 7.11 Å². The molecule has 0 atom stereocenters. The van der Waals surface area contributed by atoms with Gasteiger partial charge in [0, 0.05) is 25.5 Å². The summed E-state index contributed by atoms with van der Waals surface area (Å²) in [6.07, 6.45) is 3.70. The standard InChI is InChI=1S/C11H15ClN2O2/c1-14(6-4-11(15)16-2)8-9-3-5-13-7-10(9)12/h3,5,7H,4,6,8H2,1-2H3. The van der Waals surface area contributed by atoms with E-state index in [1.807, 2.05) is 18.0 Å². The number of carbonyl (C=O) groups excluding carboxylic acids is 1. The lowest BCUT2D eigenvalue weighted by Crippen LogP contribution is -2.22. The van der Waals surface area contributed by atoms with Gasteiger partial charge >= 0.3 is 5.97 Å². The van der Waals surface area contributed by atoms with Crippen LogP contribution in [0.25, 0.3) is 0 Å². The molecule has 0 spiro atoms. The molecule has 0 radical (unpaired) electrons. The Morgan fingerprint density at radius 1 is 1.62 bits per heavy atom. The smallest absolute Gasteiger partial charge is 0.306 e. The largest absolute Gasteiger partial charge is 0.469 e. The molecule has 1 aromatic heterocycles. The van der Waals surface area contributed by atoms with Gasteiger partial charge in [-0.15, -0.1) is 0 Å². The first-order valence-corrected chi connectivity index (χ1v) is 5.35. The summed E-state index contributed by atoms with van der Waals surface area (Å²) in [5.41, 5.74) is 1.00. The summed E-state index contributed by atoms with van der Waals surface area (Å²) in [4.78, 5) is 16.9. The van der Waals surface area contributed by atoms with Gasteiger partial charge in [-0.3, -0.25) is 9.78 Å². The molecule has 4 nitrogen and oxygen atoms in total. The zero-order valence-electron chi connectivity index (χ0n) is 9.44. The molecule has 0 aromatic carbocycles. The highest BCUT2D eigenvalue weighted by molar-refractivity contribution is 6.31. The maximum Gasteiger partial charge on any atom is 0.306 e. The highest BCUT2D eigenvalue weighted by atomic mass is 35.5. The lowest BCUT2D eigenvalue weighted by Gasteiger charge is -2.16. The van der Waals surface area contributed by atoms with Gasteiger partial charge in [-0.25, -0.2) is 0 Å². The molecular formula is C11H15ClN2O2. The second kappa shape index (κ2) is 6.45. The molecule has 16 heavy (non-hydrogen) atoms. The Balaban J connectivity index is 2.43. The lowest BCUT2D eigenvalue weighted by atomic mass is 10.2. The van der Waals surface area contributed by atoms with Crippen molar-refractivity contribution >= 4 is 17.6 Å². The summed E-state index contributed by atoms with van der Waals surface area (Å²) in [5, 5.41) is 0.646. The van der Waals surface area contributed by atoms with Gasteiger partial charge < -0.3 is 9.64 Å². The van der Waals surface area contributed by atoms with E-state index in [4.69, 9.17) is 11.6 Å². The third kappa shape index (κ3) is 4.16. The second-order valence-corrected chi connectivity index (χ2v) is 3.94. The Morgan fingerprint density at radius 2 is 2.38 bits per heavy atom. The number of hydrogen-bond acceptors (Lipinski definition) is 4. The topological polar surface area (TPSA) is 42.4 Å². The van der Waals surface area contributed by atoms with Crippen molar-refractivity contribution in [2.45, 2.75) is 13.0 Å². The lowest BCUT2D eigenvalue weighted by molar-refractivity contribution is -0.140. The fraction of sp³-hybridized carbons (Fsp3) is 0.455. The molecule has 0 N–H and O–H groups in total. The number of methoxy groups -OCH3 is 1. The van der Waals surface area contributed by atoms with Crippen LogP contribution >= 0.6 is 11.6 Å². The third-order valence-electron chi connectivity index (χ3n) is 2.22. The van der Waals surface area contributed by atoms with Crippen LogP contribution in [0.3, 0.4) is 0 Å². The van der Waals surface area contributed by atoms with E-state index >= 15 is 0 Å². The van der Waals surface area contributed by atoms with E-state index < -0.39 is 0 Å². The van der Waals surface area contributed by atoms with E-state index in [0.717, 1.165) is 5.56 Å². The quantitative estimate of drug-likeness (QED) is 0.738. The molecule has 1 aromatic rings. The van der Waals surface area contributed by atoms with Gasteiger partial charge in [0.05, 0.1) is 18.6 Å². The summed E-state index contributed by atoms with van der Waals surface area (Å²) < 4.78 is 4.57. The first kappa shape index (κ1) is 12.9. The Morgan fingerprint density at radius 3 is 3.00 bits per heavy atom. The molecule has 0 amide bonds. The van der Waals surface area contributed by atoms with Crippen molar-refractivity contribution < 1.29 is 9.53 Å². The van der Waals surface area contributed by atoms with Crippen LogP contribution in [0, 0.1) is 0 Å². The molecule has 1 heterocycles. The number of nitrogens with zero attached hydrogens (tertiary/aromatic N) is 2. The highest BCUT2D eigenvalue weighted by Crippen LogP contribution is 2.14. The van der Waals surface area contributed by atoms with Gasteiger partial charge in [0.1, 0.15) is 0 Å². The van der Waals surface area contributed by atoms with Crippen LogP contribution in [0.1, 0.15) is 12.0 Å². The summed E-state index contributed by atoms with van der Waals surface area (Å²) in [6, 6.07) is 1.87.